The molecule has 28 heteroatoms. The van der Waals surface area contributed by atoms with Gasteiger partial charge >= 0.3 is 36.3 Å². The maximum atomic E-state index is 15.3. The van der Waals surface area contributed by atoms with Gasteiger partial charge in [0, 0.05) is 15.9 Å². The zero-order valence-electron chi connectivity index (χ0n) is 22.7. The van der Waals surface area contributed by atoms with Crippen LogP contribution >= 0.6 is 7.92 Å². The van der Waals surface area contributed by atoms with Crippen LogP contribution in [-0.2, 0) is 17.8 Å². The zero-order chi connectivity index (χ0) is 41.0. The van der Waals surface area contributed by atoms with Gasteiger partial charge in [-0.2, -0.15) is 65.9 Å². The lowest BCUT2D eigenvalue weighted by Crippen LogP contribution is -2.48. The van der Waals surface area contributed by atoms with Crippen LogP contribution in [0.1, 0.15) is 16.7 Å². The molecular weight excluding hydrogens is 832 g/mol. The van der Waals surface area contributed by atoms with Crippen LogP contribution in [0.2, 0.25) is 0 Å². The molecule has 0 unspecified atom stereocenters. The maximum absolute atomic E-state index is 15.3. The first-order valence-corrected chi connectivity index (χ1v) is 13.1. The first-order chi connectivity index (χ1) is 23.0. The van der Waals surface area contributed by atoms with Crippen molar-refractivity contribution in [3.05, 3.63) is 86.5 Å². The Morgan fingerprint density at radius 3 is 0.538 bits per heavy atom. The Kier molecular flexibility index (Phi) is 10.4. The Bertz CT molecular complexity index is 1730. The first kappa shape index (κ1) is 42.6. The Labute approximate surface area is 266 Å². The van der Waals surface area contributed by atoms with E-state index in [4.69, 9.17) is 0 Å². The van der Waals surface area contributed by atoms with Crippen molar-refractivity contribution in [1.29, 1.82) is 0 Å². The minimum Gasteiger partial charge on any atom is -0.203 e. The molecule has 52 heavy (non-hydrogen) atoms. The van der Waals surface area contributed by atoms with Crippen LogP contribution in [0.4, 0.5) is 119 Å². The molecule has 0 nitrogen and oxygen atoms in total. The Morgan fingerprint density at radius 1 is 0.231 bits per heavy atom. The molecule has 0 atom stereocenters. The molecule has 3 aromatic rings. The maximum Gasteiger partial charge on any atom is 0.458 e. The lowest BCUT2D eigenvalue weighted by atomic mass is 10.1. The molecule has 0 aliphatic heterocycles. The molecule has 3 rings (SSSR count). The molecule has 0 heterocycles. The minimum atomic E-state index is -7.74. The third-order valence-electron chi connectivity index (χ3n) is 6.41. The number of halogens is 27. The van der Waals surface area contributed by atoms with Gasteiger partial charge in [-0.3, -0.25) is 0 Å². The van der Waals surface area contributed by atoms with Crippen molar-refractivity contribution >= 4 is 23.8 Å². The van der Waals surface area contributed by atoms with Crippen LogP contribution < -0.4 is 15.9 Å². The van der Waals surface area contributed by atoms with Gasteiger partial charge in [-0.15, -0.1) is 0 Å². The largest absolute Gasteiger partial charge is 0.458 e. The van der Waals surface area contributed by atoms with Gasteiger partial charge in [-0.05, 0) is 7.92 Å². The van der Waals surface area contributed by atoms with Crippen LogP contribution in [0.25, 0.3) is 0 Å². The molecule has 290 valence electrons. The highest BCUT2D eigenvalue weighted by molar-refractivity contribution is 7.80. The smallest absolute Gasteiger partial charge is 0.203 e. The van der Waals surface area contributed by atoms with E-state index in [2.05, 4.69) is 0 Å². The summed E-state index contributed by atoms with van der Waals surface area (Å²) < 4.78 is 385. The van der Waals surface area contributed by atoms with Crippen molar-refractivity contribution in [2.75, 3.05) is 0 Å². The van der Waals surface area contributed by atoms with Crippen molar-refractivity contribution in [3.63, 3.8) is 0 Å². The van der Waals surface area contributed by atoms with Crippen LogP contribution in [0.3, 0.4) is 0 Å². The molecule has 0 amide bonds. The Balaban J connectivity index is 3.11. The zero-order valence-corrected chi connectivity index (χ0v) is 23.5. The monoisotopic (exact) mass is 832 g/mol. The van der Waals surface area contributed by atoms with Gasteiger partial charge in [0.2, 0.25) is 0 Å². The van der Waals surface area contributed by atoms with E-state index in [-0.39, 0.29) is 0 Å². The van der Waals surface area contributed by atoms with Crippen LogP contribution in [0, 0.1) is 69.8 Å². The summed E-state index contributed by atoms with van der Waals surface area (Å²) in [5.74, 6) is -73.2. The lowest BCUT2D eigenvalue weighted by Gasteiger charge is -2.33. The topological polar surface area (TPSA) is 0 Å². The van der Waals surface area contributed by atoms with Gasteiger partial charge in [-0.25, -0.2) is 52.7 Å². The molecule has 0 aliphatic rings. The average Bonchev–Trinajstić information content (AvgIpc) is 2.99. The Morgan fingerprint density at radius 2 is 0.385 bits per heavy atom. The second kappa shape index (κ2) is 12.7. The Hall–Kier alpha value is -3.80. The molecule has 0 aliphatic carbocycles. The minimum absolute atomic E-state index is 3.99. The van der Waals surface area contributed by atoms with Crippen molar-refractivity contribution in [3.8, 4) is 0 Å². The summed E-state index contributed by atoms with van der Waals surface area (Å²) in [7, 11) is -7.04. The summed E-state index contributed by atoms with van der Waals surface area (Å²) in [5.41, 5.74) is -13.8. The van der Waals surface area contributed by atoms with E-state index in [1.54, 1.807) is 0 Å². The van der Waals surface area contributed by atoms with E-state index >= 15 is 13.2 Å². The highest BCUT2D eigenvalue weighted by Crippen LogP contribution is 2.56. The SMILES string of the molecule is Fc1c(F)c(F)c(C(F)(F)C(F)(F)F)c(P(c2c(F)c(F)c(F)c(F)c2C(F)(F)C(F)(F)F)c2c(F)c(F)c(F)c(F)c2C(F)(F)C(F)(F)F)c1F. The second-order valence-corrected chi connectivity index (χ2v) is 11.5. The summed E-state index contributed by atoms with van der Waals surface area (Å²) in [4.78, 5) is 0. The van der Waals surface area contributed by atoms with Gasteiger partial charge in [0.25, 0.3) is 0 Å². The number of rotatable bonds is 6. The second-order valence-electron chi connectivity index (χ2n) is 9.49. The van der Waals surface area contributed by atoms with Gasteiger partial charge < -0.3 is 0 Å². The van der Waals surface area contributed by atoms with Crippen molar-refractivity contribution in [2.24, 2.45) is 0 Å². The van der Waals surface area contributed by atoms with E-state index < -0.39 is 147 Å². The summed E-state index contributed by atoms with van der Waals surface area (Å²) in [6.07, 6.45) is -23.2. The number of hydrogen-bond donors (Lipinski definition) is 0. The van der Waals surface area contributed by atoms with Crippen molar-refractivity contribution in [2.45, 2.75) is 36.3 Å². The fraction of sp³-hybridized carbons (Fsp3) is 0.250. The van der Waals surface area contributed by atoms with Crippen LogP contribution in [0.15, 0.2) is 0 Å². The quantitative estimate of drug-likeness (QED) is 0.101. The van der Waals surface area contributed by atoms with Gasteiger partial charge in [-0.1, -0.05) is 0 Å². The van der Waals surface area contributed by atoms with E-state index in [1.807, 2.05) is 0 Å². The highest BCUT2D eigenvalue weighted by atomic mass is 31.1. The molecule has 0 N–H and O–H groups in total. The molecule has 0 saturated carbocycles. The summed E-state index contributed by atoms with van der Waals surface area (Å²) in [6, 6.07) is 0. The molecule has 0 aromatic heterocycles. The van der Waals surface area contributed by atoms with E-state index in [9.17, 15) is 105 Å². The molecule has 0 fully saturated rings. The number of benzene rings is 3. The van der Waals surface area contributed by atoms with Crippen molar-refractivity contribution < 1.29 is 119 Å². The fourth-order valence-corrected chi connectivity index (χ4v) is 7.05. The summed E-state index contributed by atoms with van der Waals surface area (Å²) in [5, 5.41) is -12.9. The fourth-order valence-electron chi connectivity index (χ4n) is 4.11. The van der Waals surface area contributed by atoms with Crippen molar-refractivity contribution in [1.82, 2.24) is 0 Å². The van der Waals surface area contributed by atoms with Gasteiger partial charge in [0.05, 0.1) is 16.7 Å². The van der Waals surface area contributed by atoms with Gasteiger partial charge in [0.1, 0.15) is 0 Å². The molecule has 3 aromatic carbocycles. The third kappa shape index (κ3) is 6.02. The predicted molar refractivity (Wildman–Crippen MR) is 114 cm³/mol. The molecular formula is C24F27P. The lowest BCUT2D eigenvalue weighted by molar-refractivity contribution is -0.290. The third-order valence-corrected chi connectivity index (χ3v) is 9.01. The predicted octanol–water partition coefficient (Wildman–Crippen LogP) is 10.1. The molecule has 0 spiro atoms. The average molecular weight is 832 g/mol. The van der Waals surface area contributed by atoms with E-state index in [0.29, 0.717) is 0 Å². The molecule has 0 radical (unpaired) electrons. The molecule has 0 saturated heterocycles. The summed E-state index contributed by atoms with van der Waals surface area (Å²) >= 11 is 0. The molecule has 0 bridgehead atoms. The standard InChI is InChI=1S/C24F27P/c25-4-1(19(37,38)22(43,44)45)16(13(34)10(31)7(4)28)52(17-2(20(39,40)23(46,47)48)5(26)8(29)11(32)14(17)35)18-3(21(41,42)24(49,50)51)6(27)9(30)12(33)15(18)36. The van der Waals surface area contributed by atoms with Crippen LogP contribution in [-0.4, -0.2) is 18.5 Å². The van der Waals surface area contributed by atoms with E-state index in [0.717, 1.165) is 0 Å². The van der Waals surface area contributed by atoms with Gasteiger partial charge in [0.15, 0.2) is 69.8 Å². The number of alkyl halides is 15. The van der Waals surface area contributed by atoms with E-state index in [1.165, 1.54) is 0 Å². The normalized spacial score (nSPS) is 13.8. The van der Waals surface area contributed by atoms with Crippen LogP contribution in [0.5, 0.6) is 0 Å². The number of hydrogen-bond acceptors (Lipinski definition) is 0. The summed E-state index contributed by atoms with van der Waals surface area (Å²) in [6.45, 7) is 0. The highest BCUT2D eigenvalue weighted by Gasteiger charge is 2.67. The first-order valence-electron chi connectivity index (χ1n) is 11.8.